The number of hydrogen-bond acceptors (Lipinski definition) is 4. The Kier molecular flexibility index (Phi) is 9.20. The van der Waals surface area contributed by atoms with Crippen LogP contribution in [0.15, 0.2) is 60.7 Å². The maximum atomic E-state index is 12.9. The zero-order valence-electron chi connectivity index (χ0n) is 19.2. The van der Waals surface area contributed by atoms with Crippen LogP contribution in [0.1, 0.15) is 36.8 Å². The van der Waals surface area contributed by atoms with Crippen LogP contribution in [0.2, 0.25) is 0 Å². The molecule has 180 valence electrons. The number of nitrogens with two attached hydrogens (primary N) is 1. The predicted molar refractivity (Wildman–Crippen MR) is 128 cm³/mol. The molecule has 4 amide bonds. The van der Waals surface area contributed by atoms with E-state index in [1.54, 1.807) is 0 Å². The summed E-state index contributed by atoms with van der Waals surface area (Å²) in [4.78, 5) is 49.8. The van der Waals surface area contributed by atoms with Gasteiger partial charge in [0.2, 0.25) is 23.6 Å². The minimum Gasteiger partial charge on any atom is -0.368 e. The number of amides is 4. The fraction of sp³-hybridized carbons (Fsp3) is 0.385. The Morgan fingerprint density at radius 2 is 1.32 bits per heavy atom. The van der Waals surface area contributed by atoms with Gasteiger partial charge in [-0.2, -0.15) is 0 Å². The predicted octanol–water partition coefficient (Wildman–Crippen LogP) is 1.23. The quantitative estimate of drug-likeness (QED) is 0.398. The van der Waals surface area contributed by atoms with E-state index in [9.17, 15) is 19.2 Å². The van der Waals surface area contributed by atoms with Gasteiger partial charge in [-0.05, 0) is 24.0 Å². The topological polar surface area (TPSA) is 130 Å². The Morgan fingerprint density at radius 1 is 0.794 bits per heavy atom. The van der Waals surface area contributed by atoms with E-state index in [2.05, 4.69) is 16.0 Å². The zero-order valence-corrected chi connectivity index (χ0v) is 19.2. The lowest BCUT2D eigenvalue weighted by Crippen LogP contribution is -2.53. The second-order valence-electron chi connectivity index (χ2n) is 8.66. The van der Waals surface area contributed by atoms with Crippen molar-refractivity contribution in [2.45, 2.75) is 50.6 Å². The maximum Gasteiger partial charge on any atom is 0.243 e. The van der Waals surface area contributed by atoms with E-state index in [0.29, 0.717) is 6.42 Å². The summed E-state index contributed by atoms with van der Waals surface area (Å²) in [5, 5.41) is 8.03. The summed E-state index contributed by atoms with van der Waals surface area (Å²) < 4.78 is 0. The molecule has 5 N–H and O–H groups in total. The number of hydrogen-bond donors (Lipinski definition) is 4. The third kappa shape index (κ3) is 7.72. The van der Waals surface area contributed by atoms with Gasteiger partial charge in [-0.15, -0.1) is 0 Å². The van der Waals surface area contributed by atoms with E-state index in [1.807, 2.05) is 60.7 Å². The summed E-state index contributed by atoms with van der Waals surface area (Å²) in [7, 11) is 0. The van der Waals surface area contributed by atoms with Crippen LogP contribution in [0.4, 0.5) is 0 Å². The second kappa shape index (κ2) is 12.5. The van der Waals surface area contributed by atoms with E-state index in [1.165, 1.54) is 0 Å². The highest BCUT2D eigenvalue weighted by molar-refractivity contribution is 5.92. The molecular formula is C26H32N4O4. The van der Waals surface area contributed by atoms with Crippen molar-refractivity contribution in [2.24, 2.45) is 11.7 Å². The first-order valence-electron chi connectivity index (χ1n) is 11.7. The van der Waals surface area contributed by atoms with Gasteiger partial charge < -0.3 is 21.7 Å². The molecule has 2 aromatic carbocycles. The van der Waals surface area contributed by atoms with E-state index in [-0.39, 0.29) is 24.8 Å². The standard InChI is InChI=1S/C26H32N4O4/c27-24(32)21(15-18-9-3-1-4-10-18)29-23(31)17-28-26(34)22(16-19-11-5-2-6-12-19)30-25(33)20-13-7-8-14-20/h1-6,9-12,20-22H,7-8,13-17H2,(H2,27,32)(H,28,34)(H,29,31)(H,30,33)/t21-,22-/m0/s1. The largest absolute Gasteiger partial charge is 0.368 e. The average molecular weight is 465 g/mol. The minimum atomic E-state index is -0.894. The Labute approximate surface area is 199 Å². The van der Waals surface area contributed by atoms with Crippen LogP contribution in [0.5, 0.6) is 0 Å². The van der Waals surface area contributed by atoms with Crippen molar-refractivity contribution < 1.29 is 19.2 Å². The lowest BCUT2D eigenvalue weighted by atomic mass is 10.0. The fourth-order valence-electron chi connectivity index (χ4n) is 4.15. The number of carbonyl (C=O) groups excluding carboxylic acids is 4. The number of primary amides is 1. The molecule has 1 fully saturated rings. The molecule has 2 aromatic rings. The van der Waals surface area contributed by atoms with Gasteiger partial charge in [0.1, 0.15) is 12.1 Å². The molecule has 1 saturated carbocycles. The smallest absolute Gasteiger partial charge is 0.243 e. The summed E-state index contributed by atoms with van der Waals surface area (Å²) in [6, 6.07) is 16.9. The van der Waals surface area contributed by atoms with Crippen LogP contribution in [0.25, 0.3) is 0 Å². The summed E-state index contributed by atoms with van der Waals surface area (Å²) in [6.07, 6.45) is 4.23. The van der Waals surface area contributed by atoms with Crippen LogP contribution in [0.3, 0.4) is 0 Å². The summed E-state index contributed by atoms with van der Waals surface area (Å²) >= 11 is 0. The van der Waals surface area contributed by atoms with Crippen LogP contribution in [-0.2, 0) is 32.0 Å². The van der Waals surface area contributed by atoms with Gasteiger partial charge in [0.05, 0.1) is 6.54 Å². The molecule has 0 radical (unpaired) electrons. The van der Waals surface area contributed by atoms with Gasteiger partial charge in [0.15, 0.2) is 0 Å². The van der Waals surface area contributed by atoms with Crippen molar-refractivity contribution in [3.8, 4) is 0 Å². The Bertz CT molecular complexity index is 975. The molecule has 3 rings (SSSR count). The summed E-state index contributed by atoms with van der Waals surface area (Å²) in [6.45, 7) is -0.331. The van der Waals surface area contributed by atoms with Crippen LogP contribution in [0, 0.1) is 5.92 Å². The first-order chi connectivity index (χ1) is 16.4. The fourth-order valence-corrected chi connectivity index (χ4v) is 4.15. The highest BCUT2D eigenvalue weighted by Crippen LogP contribution is 2.24. The molecule has 0 spiro atoms. The van der Waals surface area contributed by atoms with Crippen molar-refractivity contribution in [2.75, 3.05) is 6.54 Å². The van der Waals surface area contributed by atoms with Crippen molar-refractivity contribution in [1.29, 1.82) is 0 Å². The molecule has 0 unspecified atom stereocenters. The molecule has 0 saturated heterocycles. The van der Waals surface area contributed by atoms with Gasteiger partial charge in [0.25, 0.3) is 0 Å². The molecule has 34 heavy (non-hydrogen) atoms. The summed E-state index contributed by atoms with van der Waals surface area (Å²) in [5.74, 6) is -1.86. The molecule has 1 aliphatic carbocycles. The maximum absolute atomic E-state index is 12.9. The van der Waals surface area contributed by atoms with Gasteiger partial charge in [-0.1, -0.05) is 73.5 Å². The van der Waals surface area contributed by atoms with Crippen molar-refractivity contribution >= 4 is 23.6 Å². The number of nitrogens with one attached hydrogen (secondary N) is 3. The third-order valence-corrected chi connectivity index (χ3v) is 6.03. The Hall–Kier alpha value is -3.68. The molecule has 0 aromatic heterocycles. The average Bonchev–Trinajstić information content (AvgIpc) is 3.38. The third-order valence-electron chi connectivity index (χ3n) is 6.03. The van der Waals surface area contributed by atoms with Gasteiger partial charge in [-0.25, -0.2) is 0 Å². The van der Waals surface area contributed by atoms with E-state index in [0.717, 1.165) is 36.8 Å². The van der Waals surface area contributed by atoms with Crippen LogP contribution in [-0.4, -0.2) is 42.3 Å². The van der Waals surface area contributed by atoms with Crippen molar-refractivity contribution in [3.05, 3.63) is 71.8 Å². The van der Waals surface area contributed by atoms with Gasteiger partial charge >= 0.3 is 0 Å². The first kappa shape index (κ1) is 25.0. The lowest BCUT2D eigenvalue weighted by molar-refractivity contribution is -0.132. The Morgan fingerprint density at radius 3 is 1.85 bits per heavy atom. The van der Waals surface area contributed by atoms with Crippen LogP contribution < -0.4 is 21.7 Å². The normalized spacial score (nSPS) is 15.2. The van der Waals surface area contributed by atoms with Crippen molar-refractivity contribution in [1.82, 2.24) is 16.0 Å². The lowest BCUT2D eigenvalue weighted by Gasteiger charge is -2.21. The first-order valence-corrected chi connectivity index (χ1v) is 11.7. The van der Waals surface area contributed by atoms with Crippen LogP contribution >= 0.6 is 0 Å². The minimum absolute atomic E-state index is 0.0799. The SMILES string of the molecule is NC(=O)[C@H](Cc1ccccc1)NC(=O)CNC(=O)[C@H](Cc1ccccc1)NC(=O)C1CCCC1. The van der Waals surface area contributed by atoms with Gasteiger partial charge in [0, 0.05) is 18.8 Å². The summed E-state index contributed by atoms with van der Waals surface area (Å²) in [5.41, 5.74) is 7.20. The second-order valence-corrected chi connectivity index (χ2v) is 8.66. The van der Waals surface area contributed by atoms with Crippen molar-refractivity contribution in [3.63, 3.8) is 0 Å². The zero-order chi connectivity index (χ0) is 24.3. The highest BCUT2D eigenvalue weighted by atomic mass is 16.2. The highest BCUT2D eigenvalue weighted by Gasteiger charge is 2.28. The number of carbonyl (C=O) groups is 4. The molecule has 1 aliphatic rings. The Balaban J connectivity index is 1.57. The van der Waals surface area contributed by atoms with E-state index in [4.69, 9.17) is 5.73 Å². The van der Waals surface area contributed by atoms with E-state index < -0.39 is 29.8 Å². The number of benzene rings is 2. The molecular weight excluding hydrogens is 432 g/mol. The van der Waals surface area contributed by atoms with Gasteiger partial charge in [-0.3, -0.25) is 19.2 Å². The molecule has 0 bridgehead atoms. The monoisotopic (exact) mass is 464 g/mol. The molecule has 2 atom stereocenters. The molecule has 0 aliphatic heterocycles. The molecule has 8 heteroatoms. The van der Waals surface area contributed by atoms with E-state index >= 15 is 0 Å². The number of rotatable bonds is 11. The molecule has 8 nitrogen and oxygen atoms in total. The molecule has 0 heterocycles.